The number of aromatic nitrogens is 1. The molecule has 0 bridgehead atoms. The van der Waals surface area contributed by atoms with Crippen molar-refractivity contribution in [3.63, 3.8) is 0 Å². The molecule has 2 aromatic carbocycles. The fourth-order valence-corrected chi connectivity index (χ4v) is 3.20. The van der Waals surface area contributed by atoms with Crippen LogP contribution in [-0.2, 0) is 4.79 Å². The number of halogens is 1. The van der Waals surface area contributed by atoms with Crippen LogP contribution < -0.4 is 10.2 Å². The van der Waals surface area contributed by atoms with E-state index in [-0.39, 0.29) is 12.5 Å². The van der Waals surface area contributed by atoms with E-state index in [1.165, 1.54) is 5.56 Å². The van der Waals surface area contributed by atoms with Crippen molar-refractivity contribution < 1.29 is 9.53 Å². The number of carbonyl (C=O) groups is 1. The van der Waals surface area contributed by atoms with E-state index in [1.807, 2.05) is 32.0 Å². The maximum atomic E-state index is 11.9. The van der Waals surface area contributed by atoms with Crippen molar-refractivity contribution in [1.82, 2.24) is 9.99 Å². The molecular weight excluding hydrogens is 374 g/mol. The highest BCUT2D eigenvalue weighted by atomic mass is 35.5. The number of hydrogen-bond donors (Lipinski definition) is 1. The first-order chi connectivity index (χ1) is 13.5. The Bertz CT molecular complexity index is 1020. The minimum atomic E-state index is -0.358. The first-order valence-electron chi connectivity index (χ1n) is 8.91. The lowest BCUT2D eigenvalue weighted by atomic mass is 10.2. The number of nitrogens with zero attached hydrogens (tertiary/aromatic N) is 2. The molecule has 0 radical (unpaired) electrons. The minimum absolute atomic E-state index is 0.163. The number of aryl methyl sites for hydroxylation is 2. The third kappa shape index (κ3) is 4.43. The molecule has 0 fully saturated rings. The molecule has 0 saturated heterocycles. The number of ether oxygens (including phenoxy) is 1. The lowest BCUT2D eigenvalue weighted by Crippen LogP contribution is -2.24. The smallest absolute Gasteiger partial charge is 0.277 e. The summed E-state index contributed by atoms with van der Waals surface area (Å²) in [6, 6.07) is 17.3. The Morgan fingerprint density at radius 1 is 1.14 bits per heavy atom. The van der Waals surface area contributed by atoms with Crippen molar-refractivity contribution in [2.24, 2.45) is 5.10 Å². The summed E-state index contributed by atoms with van der Waals surface area (Å²) in [6.45, 7) is 6.00. The third-order valence-electron chi connectivity index (χ3n) is 4.41. The lowest BCUT2D eigenvalue weighted by molar-refractivity contribution is -0.123. The Kier molecular flexibility index (Phi) is 6.16. The monoisotopic (exact) mass is 395 g/mol. The first-order valence-corrected chi connectivity index (χ1v) is 9.29. The third-order valence-corrected chi connectivity index (χ3v) is 4.73. The van der Waals surface area contributed by atoms with Crippen molar-refractivity contribution in [1.29, 1.82) is 0 Å². The summed E-state index contributed by atoms with van der Waals surface area (Å²) in [5, 5.41) is 4.52. The zero-order valence-corrected chi connectivity index (χ0v) is 16.8. The fourth-order valence-electron chi connectivity index (χ4n) is 3.01. The summed E-state index contributed by atoms with van der Waals surface area (Å²) < 4.78 is 7.58. The number of hydrogen-bond acceptors (Lipinski definition) is 3. The van der Waals surface area contributed by atoms with Gasteiger partial charge in [0, 0.05) is 22.6 Å². The van der Waals surface area contributed by atoms with E-state index in [4.69, 9.17) is 16.3 Å². The van der Waals surface area contributed by atoms with Crippen LogP contribution in [0.2, 0.25) is 5.02 Å². The van der Waals surface area contributed by atoms with Crippen LogP contribution in [0.3, 0.4) is 0 Å². The van der Waals surface area contributed by atoms with Gasteiger partial charge in [-0.25, -0.2) is 5.43 Å². The highest BCUT2D eigenvalue weighted by molar-refractivity contribution is 6.32. The van der Waals surface area contributed by atoms with Gasteiger partial charge in [-0.05, 0) is 50.6 Å². The number of para-hydroxylation sites is 2. The second-order valence-corrected chi connectivity index (χ2v) is 6.87. The maximum Gasteiger partial charge on any atom is 0.277 e. The molecule has 3 aromatic rings. The van der Waals surface area contributed by atoms with Gasteiger partial charge in [0.15, 0.2) is 6.61 Å². The molecule has 1 heterocycles. The average molecular weight is 396 g/mol. The summed E-state index contributed by atoms with van der Waals surface area (Å²) in [6.07, 6.45) is 1.64. The van der Waals surface area contributed by atoms with Gasteiger partial charge in [-0.3, -0.25) is 4.79 Å². The fraction of sp³-hybridized carbons (Fsp3) is 0.182. The van der Waals surface area contributed by atoms with Crippen LogP contribution >= 0.6 is 11.6 Å². The van der Waals surface area contributed by atoms with Gasteiger partial charge in [-0.2, -0.15) is 5.10 Å². The van der Waals surface area contributed by atoms with Crippen molar-refractivity contribution in [2.75, 3.05) is 6.61 Å². The van der Waals surface area contributed by atoms with Crippen LogP contribution in [0, 0.1) is 20.8 Å². The molecule has 0 spiro atoms. The molecule has 5 nitrogen and oxygen atoms in total. The Morgan fingerprint density at radius 2 is 1.86 bits per heavy atom. The van der Waals surface area contributed by atoms with Gasteiger partial charge in [0.1, 0.15) is 5.75 Å². The van der Waals surface area contributed by atoms with Crippen LogP contribution in [0.15, 0.2) is 59.7 Å². The van der Waals surface area contributed by atoms with Gasteiger partial charge in [-0.15, -0.1) is 0 Å². The van der Waals surface area contributed by atoms with Gasteiger partial charge >= 0.3 is 0 Å². The van der Waals surface area contributed by atoms with E-state index in [0.29, 0.717) is 10.8 Å². The van der Waals surface area contributed by atoms with Crippen LogP contribution in [0.4, 0.5) is 0 Å². The number of hydrazone groups is 1. The van der Waals surface area contributed by atoms with Crippen molar-refractivity contribution >= 4 is 23.7 Å². The molecule has 0 atom stereocenters. The molecule has 0 aliphatic heterocycles. The average Bonchev–Trinajstić information content (AvgIpc) is 2.95. The van der Waals surface area contributed by atoms with Crippen LogP contribution in [0.5, 0.6) is 5.75 Å². The first kappa shape index (κ1) is 19.7. The standard InChI is InChI=1S/C22H22ClN3O2/c1-15-8-4-6-10-20(15)26-16(2)12-18(17(26)3)13-24-25-22(27)14-28-21-11-7-5-9-19(21)23/h4-13H,14H2,1-3H3,(H,25,27)/b24-13-. The van der Waals surface area contributed by atoms with E-state index in [0.717, 1.165) is 22.6 Å². The van der Waals surface area contributed by atoms with Gasteiger partial charge in [0.25, 0.3) is 5.91 Å². The Morgan fingerprint density at radius 3 is 2.61 bits per heavy atom. The zero-order chi connectivity index (χ0) is 20.1. The van der Waals surface area contributed by atoms with E-state index in [2.05, 4.69) is 34.2 Å². The summed E-state index contributed by atoms with van der Waals surface area (Å²) in [7, 11) is 0. The highest BCUT2D eigenvalue weighted by Gasteiger charge is 2.11. The van der Waals surface area contributed by atoms with Gasteiger partial charge in [-0.1, -0.05) is 41.9 Å². The molecule has 1 aromatic heterocycles. The molecule has 0 saturated carbocycles. The normalized spacial score (nSPS) is 11.0. The van der Waals surface area contributed by atoms with Crippen molar-refractivity contribution in [3.05, 3.63) is 82.1 Å². The highest BCUT2D eigenvalue weighted by Crippen LogP contribution is 2.23. The number of rotatable bonds is 6. The van der Waals surface area contributed by atoms with Gasteiger partial charge in [0.2, 0.25) is 0 Å². The minimum Gasteiger partial charge on any atom is -0.482 e. The Balaban J connectivity index is 1.65. The van der Waals surface area contributed by atoms with Crippen molar-refractivity contribution in [3.8, 4) is 11.4 Å². The number of nitrogens with one attached hydrogen (secondary N) is 1. The molecule has 144 valence electrons. The Labute approximate surface area is 169 Å². The van der Waals surface area contributed by atoms with Crippen LogP contribution in [0.25, 0.3) is 5.69 Å². The van der Waals surface area contributed by atoms with Crippen molar-refractivity contribution in [2.45, 2.75) is 20.8 Å². The van der Waals surface area contributed by atoms with Gasteiger partial charge in [0.05, 0.1) is 11.2 Å². The van der Waals surface area contributed by atoms with E-state index in [9.17, 15) is 4.79 Å². The molecule has 3 rings (SSSR count). The van der Waals surface area contributed by atoms with E-state index < -0.39 is 0 Å². The number of carbonyl (C=O) groups excluding carboxylic acids is 1. The van der Waals surface area contributed by atoms with Crippen LogP contribution in [0.1, 0.15) is 22.5 Å². The second-order valence-electron chi connectivity index (χ2n) is 6.46. The summed E-state index contributed by atoms with van der Waals surface area (Å²) >= 11 is 6.00. The molecule has 28 heavy (non-hydrogen) atoms. The quantitative estimate of drug-likeness (QED) is 0.490. The summed E-state index contributed by atoms with van der Waals surface area (Å²) in [4.78, 5) is 11.9. The zero-order valence-electron chi connectivity index (χ0n) is 16.1. The summed E-state index contributed by atoms with van der Waals surface area (Å²) in [5.74, 6) is 0.106. The second kappa shape index (κ2) is 8.76. The number of amides is 1. The molecule has 6 heteroatoms. The molecule has 1 amide bonds. The molecule has 0 aliphatic carbocycles. The topological polar surface area (TPSA) is 55.6 Å². The molecule has 1 N–H and O–H groups in total. The predicted molar refractivity (Wildman–Crippen MR) is 113 cm³/mol. The Hall–Kier alpha value is -3.05. The molecule has 0 unspecified atom stereocenters. The van der Waals surface area contributed by atoms with E-state index in [1.54, 1.807) is 30.5 Å². The van der Waals surface area contributed by atoms with Gasteiger partial charge < -0.3 is 9.30 Å². The van der Waals surface area contributed by atoms with E-state index >= 15 is 0 Å². The number of benzene rings is 2. The maximum absolute atomic E-state index is 11.9. The lowest BCUT2D eigenvalue weighted by Gasteiger charge is -2.12. The predicted octanol–water partition coefficient (Wildman–Crippen LogP) is 4.59. The SMILES string of the molecule is Cc1ccccc1-n1c(C)cc(/C=N\NC(=O)COc2ccccc2Cl)c1C. The molecule has 0 aliphatic rings. The van der Waals surface area contributed by atoms with Crippen LogP contribution in [-0.4, -0.2) is 23.3 Å². The molecular formula is C22H22ClN3O2. The summed E-state index contributed by atoms with van der Waals surface area (Å²) in [5.41, 5.74) is 7.90. The largest absolute Gasteiger partial charge is 0.482 e.